The van der Waals surface area contributed by atoms with E-state index in [1.165, 1.54) is 31.0 Å². The highest BCUT2D eigenvalue weighted by Crippen LogP contribution is 2.32. The molecular formula is C17H20F4N2O2. The summed E-state index contributed by atoms with van der Waals surface area (Å²) in [7, 11) is 0. The monoisotopic (exact) mass is 360 g/mol. The zero-order valence-corrected chi connectivity index (χ0v) is 13.8. The van der Waals surface area contributed by atoms with Crippen LogP contribution in [0.5, 0.6) is 5.75 Å². The number of ether oxygens (including phenoxy) is 1. The SMILES string of the molecule is CC1CN(C2CC2)CCN1C(=O)c1ccccc1OC(F)(F)C(F)F. The Kier molecular flexibility index (Phi) is 4.90. The van der Waals surface area contributed by atoms with Gasteiger partial charge in [-0.15, -0.1) is 0 Å². The minimum Gasteiger partial charge on any atom is -0.427 e. The van der Waals surface area contributed by atoms with E-state index in [9.17, 15) is 22.4 Å². The van der Waals surface area contributed by atoms with Crippen molar-refractivity contribution < 1.29 is 27.1 Å². The smallest absolute Gasteiger partial charge is 0.427 e. The summed E-state index contributed by atoms with van der Waals surface area (Å²) >= 11 is 0. The number of benzene rings is 1. The molecule has 1 heterocycles. The Balaban J connectivity index is 1.76. The van der Waals surface area contributed by atoms with Crippen LogP contribution in [-0.4, -0.2) is 60.0 Å². The molecule has 8 heteroatoms. The van der Waals surface area contributed by atoms with E-state index in [4.69, 9.17) is 0 Å². The highest BCUT2D eigenvalue weighted by atomic mass is 19.3. The number of hydrogen-bond donors (Lipinski definition) is 0. The molecule has 1 aromatic rings. The molecule has 0 spiro atoms. The first-order valence-corrected chi connectivity index (χ1v) is 8.28. The largest absolute Gasteiger partial charge is 0.461 e. The van der Waals surface area contributed by atoms with Crippen molar-refractivity contribution in [3.05, 3.63) is 29.8 Å². The molecule has 0 radical (unpaired) electrons. The van der Waals surface area contributed by atoms with Crippen LogP contribution in [0.1, 0.15) is 30.1 Å². The Labute approximate surface area is 143 Å². The van der Waals surface area contributed by atoms with Crippen molar-refractivity contribution in [1.82, 2.24) is 9.80 Å². The normalized spacial score (nSPS) is 22.3. The summed E-state index contributed by atoms with van der Waals surface area (Å²) in [6.45, 7) is 3.79. The molecular weight excluding hydrogens is 340 g/mol. The molecule has 138 valence electrons. The van der Waals surface area contributed by atoms with Gasteiger partial charge in [0.05, 0.1) is 5.56 Å². The number of carbonyl (C=O) groups excluding carboxylic acids is 1. The van der Waals surface area contributed by atoms with Gasteiger partial charge in [0.1, 0.15) is 5.75 Å². The summed E-state index contributed by atoms with van der Waals surface area (Å²) in [5, 5.41) is 0. The van der Waals surface area contributed by atoms with Gasteiger partial charge in [-0.1, -0.05) is 12.1 Å². The summed E-state index contributed by atoms with van der Waals surface area (Å²) in [5.41, 5.74) is -0.130. The van der Waals surface area contributed by atoms with Gasteiger partial charge in [0.25, 0.3) is 5.91 Å². The zero-order valence-electron chi connectivity index (χ0n) is 13.8. The Morgan fingerprint density at radius 2 is 1.92 bits per heavy atom. The van der Waals surface area contributed by atoms with E-state index < -0.39 is 24.2 Å². The fourth-order valence-corrected chi connectivity index (χ4v) is 3.14. The molecule has 1 amide bonds. The average molecular weight is 360 g/mol. The van der Waals surface area contributed by atoms with E-state index in [1.54, 1.807) is 4.90 Å². The first-order chi connectivity index (χ1) is 11.8. The lowest BCUT2D eigenvalue weighted by Crippen LogP contribution is -2.54. The van der Waals surface area contributed by atoms with Gasteiger partial charge in [0.15, 0.2) is 0 Å². The Morgan fingerprint density at radius 1 is 1.24 bits per heavy atom. The van der Waals surface area contributed by atoms with Crippen LogP contribution in [-0.2, 0) is 0 Å². The summed E-state index contributed by atoms with van der Waals surface area (Å²) in [5.74, 6) is -1.02. The number of hydrogen-bond acceptors (Lipinski definition) is 3. The quantitative estimate of drug-likeness (QED) is 0.756. The van der Waals surface area contributed by atoms with Crippen molar-refractivity contribution in [1.29, 1.82) is 0 Å². The number of rotatable bonds is 5. The predicted octanol–water partition coefficient (Wildman–Crippen LogP) is 3.23. The third-order valence-electron chi connectivity index (χ3n) is 4.60. The van der Waals surface area contributed by atoms with Crippen molar-refractivity contribution in [2.24, 2.45) is 0 Å². The molecule has 1 saturated carbocycles. The van der Waals surface area contributed by atoms with Gasteiger partial charge in [-0.3, -0.25) is 9.69 Å². The van der Waals surface area contributed by atoms with Gasteiger partial charge in [0.2, 0.25) is 0 Å². The Morgan fingerprint density at radius 3 is 2.52 bits per heavy atom. The molecule has 25 heavy (non-hydrogen) atoms. The highest BCUT2D eigenvalue weighted by Gasteiger charge is 2.45. The number of piperazine rings is 1. The van der Waals surface area contributed by atoms with Crippen LogP contribution in [0, 0.1) is 0 Å². The minimum absolute atomic E-state index is 0.0921. The Bertz CT molecular complexity index is 637. The maximum Gasteiger partial charge on any atom is 0.461 e. The van der Waals surface area contributed by atoms with Gasteiger partial charge < -0.3 is 9.64 Å². The van der Waals surface area contributed by atoms with Crippen LogP contribution in [0.15, 0.2) is 24.3 Å². The third-order valence-corrected chi connectivity index (χ3v) is 4.60. The lowest BCUT2D eigenvalue weighted by molar-refractivity contribution is -0.253. The van der Waals surface area contributed by atoms with Crippen LogP contribution in [0.3, 0.4) is 0 Å². The zero-order chi connectivity index (χ0) is 18.2. The van der Waals surface area contributed by atoms with Crippen molar-refractivity contribution >= 4 is 5.91 Å². The molecule has 4 nitrogen and oxygen atoms in total. The van der Waals surface area contributed by atoms with Crippen LogP contribution in [0.2, 0.25) is 0 Å². The van der Waals surface area contributed by atoms with Crippen molar-refractivity contribution in [2.45, 2.75) is 44.4 Å². The second kappa shape index (κ2) is 6.82. The van der Waals surface area contributed by atoms with Crippen LogP contribution in [0.4, 0.5) is 17.6 Å². The number of alkyl halides is 4. The summed E-state index contributed by atoms with van der Waals surface area (Å²) in [4.78, 5) is 16.7. The molecule has 2 fully saturated rings. The molecule has 0 bridgehead atoms. The topological polar surface area (TPSA) is 32.8 Å². The summed E-state index contributed by atoms with van der Waals surface area (Å²) in [6, 6.07) is 5.77. The molecule has 2 aliphatic rings. The molecule has 1 unspecified atom stereocenters. The van der Waals surface area contributed by atoms with E-state index >= 15 is 0 Å². The molecule has 1 saturated heterocycles. The van der Waals surface area contributed by atoms with Crippen molar-refractivity contribution in [3.8, 4) is 5.75 Å². The van der Waals surface area contributed by atoms with E-state index in [1.807, 2.05) is 6.92 Å². The molecule has 1 aromatic carbocycles. The number of nitrogens with zero attached hydrogens (tertiary/aromatic N) is 2. The molecule has 1 aliphatic carbocycles. The Hall–Kier alpha value is -1.83. The fraction of sp³-hybridized carbons (Fsp3) is 0.588. The average Bonchev–Trinajstić information content (AvgIpc) is 3.39. The second-order valence-corrected chi connectivity index (χ2v) is 6.53. The van der Waals surface area contributed by atoms with Gasteiger partial charge in [-0.2, -0.15) is 17.6 Å². The van der Waals surface area contributed by atoms with Crippen LogP contribution in [0.25, 0.3) is 0 Å². The lowest BCUT2D eigenvalue weighted by Gasteiger charge is -2.40. The highest BCUT2D eigenvalue weighted by molar-refractivity contribution is 5.97. The third kappa shape index (κ3) is 3.89. The number of halogens is 4. The van der Waals surface area contributed by atoms with E-state index in [0.29, 0.717) is 19.1 Å². The van der Waals surface area contributed by atoms with Gasteiger partial charge >= 0.3 is 12.5 Å². The predicted molar refractivity (Wildman–Crippen MR) is 83.1 cm³/mol. The lowest BCUT2D eigenvalue weighted by atomic mass is 10.1. The molecule has 1 atom stereocenters. The van der Waals surface area contributed by atoms with E-state index in [-0.39, 0.29) is 11.6 Å². The molecule has 1 aliphatic heterocycles. The number of para-hydroxylation sites is 1. The van der Waals surface area contributed by atoms with E-state index in [2.05, 4.69) is 9.64 Å². The molecule has 3 rings (SSSR count). The van der Waals surface area contributed by atoms with Crippen molar-refractivity contribution in [2.75, 3.05) is 19.6 Å². The minimum atomic E-state index is -4.65. The fourth-order valence-electron chi connectivity index (χ4n) is 3.14. The molecule has 0 aromatic heterocycles. The van der Waals surface area contributed by atoms with Crippen LogP contribution < -0.4 is 4.74 Å². The number of carbonyl (C=O) groups is 1. The molecule has 0 N–H and O–H groups in total. The van der Waals surface area contributed by atoms with Gasteiger partial charge in [-0.25, -0.2) is 0 Å². The number of amides is 1. The first-order valence-electron chi connectivity index (χ1n) is 8.28. The second-order valence-electron chi connectivity index (χ2n) is 6.53. The van der Waals surface area contributed by atoms with Crippen LogP contribution >= 0.6 is 0 Å². The maximum absolute atomic E-state index is 13.2. The van der Waals surface area contributed by atoms with Crippen molar-refractivity contribution in [3.63, 3.8) is 0 Å². The maximum atomic E-state index is 13.2. The standard InChI is InChI=1S/C17H20F4N2O2/c1-11-10-22(12-6-7-12)8-9-23(11)15(24)13-4-2-3-5-14(13)25-17(20,21)16(18)19/h2-5,11-12,16H,6-10H2,1H3. The summed E-state index contributed by atoms with van der Waals surface area (Å²) in [6.07, 6.45) is -6.29. The van der Waals surface area contributed by atoms with Gasteiger partial charge in [0, 0.05) is 31.7 Å². The first kappa shape index (κ1) is 18.0. The van der Waals surface area contributed by atoms with Gasteiger partial charge in [-0.05, 0) is 31.9 Å². The summed E-state index contributed by atoms with van der Waals surface area (Å²) < 4.78 is 55.4. The van der Waals surface area contributed by atoms with E-state index in [0.717, 1.165) is 12.6 Å².